The lowest BCUT2D eigenvalue weighted by molar-refractivity contribution is -0.149. The van der Waals surface area contributed by atoms with Gasteiger partial charge in [-0.25, -0.2) is 4.98 Å². The Bertz CT molecular complexity index is 662. The summed E-state index contributed by atoms with van der Waals surface area (Å²) >= 11 is 0. The second-order valence-electron chi connectivity index (χ2n) is 5.43. The van der Waals surface area contributed by atoms with Gasteiger partial charge in [0.2, 0.25) is 0 Å². The number of carbonyl (C=O) groups is 2. The Kier molecular flexibility index (Phi) is 4.09. The first-order valence-corrected chi connectivity index (χ1v) is 7.58. The number of nitrogens with zero attached hydrogens (tertiary/aromatic N) is 3. The van der Waals surface area contributed by atoms with Crippen LogP contribution in [0.3, 0.4) is 0 Å². The number of rotatable bonds is 3. The van der Waals surface area contributed by atoms with Crippen LogP contribution in [0.15, 0.2) is 30.6 Å². The van der Waals surface area contributed by atoms with Crippen LogP contribution in [0.1, 0.15) is 30.3 Å². The standard InChI is InChI=1S/C16H19N3O3/c1-2-22-16(21)12-6-5-9-19(10-12)15(20)13-11-18-8-4-3-7-14(18)17-13/h3-4,7-8,11-12H,2,5-6,9-10H2,1H3/t12-/m0/s1. The van der Waals surface area contributed by atoms with Gasteiger partial charge < -0.3 is 14.0 Å². The van der Waals surface area contributed by atoms with Crippen molar-refractivity contribution in [2.24, 2.45) is 5.92 Å². The van der Waals surface area contributed by atoms with Crippen LogP contribution in [0.2, 0.25) is 0 Å². The number of hydrogen-bond donors (Lipinski definition) is 0. The second-order valence-corrected chi connectivity index (χ2v) is 5.43. The number of fused-ring (bicyclic) bond motifs is 1. The Hall–Kier alpha value is -2.37. The quantitative estimate of drug-likeness (QED) is 0.810. The first-order valence-electron chi connectivity index (χ1n) is 7.58. The van der Waals surface area contributed by atoms with Crippen molar-refractivity contribution in [1.82, 2.24) is 14.3 Å². The Morgan fingerprint density at radius 1 is 1.41 bits per heavy atom. The minimum atomic E-state index is -0.227. The molecule has 1 saturated heterocycles. The summed E-state index contributed by atoms with van der Waals surface area (Å²) in [5.74, 6) is -0.567. The molecule has 2 aromatic heterocycles. The van der Waals surface area contributed by atoms with Crippen molar-refractivity contribution in [3.8, 4) is 0 Å². The lowest BCUT2D eigenvalue weighted by atomic mass is 9.98. The predicted octanol–water partition coefficient (Wildman–Crippen LogP) is 1.75. The van der Waals surface area contributed by atoms with Crippen molar-refractivity contribution < 1.29 is 14.3 Å². The maximum atomic E-state index is 12.6. The summed E-state index contributed by atoms with van der Waals surface area (Å²) in [6.45, 7) is 3.23. The maximum absolute atomic E-state index is 12.6. The molecular weight excluding hydrogens is 282 g/mol. The highest BCUT2D eigenvalue weighted by Gasteiger charge is 2.30. The van der Waals surface area contributed by atoms with Crippen LogP contribution in [-0.2, 0) is 9.53 Å². The third kappa shape index (κ3) is 2.81. The summed E-state index contributed by atoms with van der Waals surface area (Å²) in [4.78, 5) is 30.5. The third-order valence-electron chi connectivity index (χ3n) is 3.91. The van der Waals surface area contributed by atoms with Gasteiger partial charge in [0.1, 0.15) is 11.3 Å². The van der Waals surface area contributed by atoms with Gasteiger partial charge in [-0.1, -0.05) is 6.07 Å². The van der Waals surface area contributed by atoms with Crippen LogP contribution in [0, 0.1) is 5.92 Å². The first-order chi connectivity index (χ1) is 10.7. The highest BCUT2D eigenvalue weighted by atomic mass is 16.5. The van der Waals surface area contributed by atoms with Crippen molar-refractivity contribution in [3.05, 3.63) is 36.3 Å². The van der Waals surface area contributed by atoms with Crippen molar-refractivity contribution >= 4 is 17.5 Å². The number of esters is 1. The first kappa shape index (κ1) is 14.6. The van der Waals surface area contributed by atoms with Gasteiger partial charge in [0.05, 0.1) is 12.5 Å². The van der Waals surface area contributed by atoms with Crippen LogP contribution in [0.25, 0.3) is 5.65 Å². The van der Waals surface area contributed by atoms with Crippen molar-refractivity contribution in [3.63, 3.8) is 0 Å². The zero-order chi connectivity index (χ0) is 15.5. The van der Waals surface area contributed by atoms with E-state index in [2.05, 4.69) is 4.98 Å². The molecule has 0 unspecified atom stereocenters. The van der Waals surface area contributed by atoms with E-state index in [4.69, 9.17) is 4.74 Å². The van der Waals surface area contributed by atoms with E-state index < -0.39 is 0 Å². The molecule has 0 saturated carbocycles. The molecule has 1 atom stereocenters. The number of carbonyl (C=O) groups excluding carboxylic acids is 2. The van der Waals surface area contributed by atoms with Crippen molar-refractivity contribution in [1.29, 1.82) is 0 Å². The minimum Gasteiger partial charge on any atom is -0.466 e. The molecule has 3 heterocycles. The van der Waals surface area contributed by atoms with Crippen molar-refractivity contribution in [2.45, 2.75) is 19.8 Å². The summed E-state index contributed by atoms with van der Waals surface area (Å²) in [7, 11) is 0. The topological polar surface area (TPSA) is 63.9 Å². The lowest BCUT2D eigenvalue weighted by Crippen LogP contribution is -2.42. The Morgan fingerprint density at radius 3 is 3.05 bits per heavy atom. The van der Waals surface area contributed by atoms with E-state index in [0.717, 1.165) is 18.5 Å². The highest BCUT2D eigenvalue weighted by molar-refractivity contribution is 5.93. The van der Waals surface area contributed by atoms with Crippen molar-refractivity contribution in [2.75, 3.05) is 19.7 Å². The van der Waals surface area contributed by atoms with Crippen LogP contribution in [-0.4, -0.2) is 45.9 Å². The monoisotopic (exact) mass is 301 g/mol. The summed E-state index contributed by atoms with van der Waals surface area (Å²) in [6, 6.07) is 5.63. The van der Waals surface area contributed by atoms with Gasteiger partial charge >= 0.3 is 5.97 Å². The molecule has 1 aliphatic heterocycles. The molecule has 0 spiro atoms. The zero-order valence-corrected chi connectivity index (χ0v) is 12.6. The van der Waals surface area contributed by atoms with Crippen LogP contribution >= 0.6 is 0 Å². The summed E-state index contributed by atoms with van der Waals surface area (Å²) in [5, 5.41) is 0. The minimum absolute atomic E-state index is 0.127. The van der Waals surface area contributed by atoms with E-state index in [1.165, 1.54) is 0 Å². The summed E-state index contributed by atoms with van der Waals surface area (Å²) in [6.07, 6.45) is 5.17. The number of piperidine rings is 1. The molecular formula is C16H19N3O3. The Labute approximate surface area is 128 Å². The normalized spacial score (nSPS) is 18.4. The Balaban J connectivity index is 1.75. The molecule has 1 amide bonds. The summed E-state index contributed by atoms with van der Waals surface area (Å²) < 4.78 is 6.89. The molecule has 6 heteroatoms. The van der Waals surface area contributed by atoms with E-state index in [9.17, 15) is 9.59 Å². The van der Waals surface area contributed by atoms with Crippen LogP contribution in [0.5, 0.6) is 0 Å². The number of ether oxygens (including phenoxy) is 1. The molecule has 1 fully saturated rings. The molecule has 3 rings (SSSR count). The van der Waals surface area contributed by atoms with Gasteiger partial charge in [0, 0.05) is 25.5 Å². The number of imidazole rings is 1. The molecule has 0 aliphatic carbocycles. The molecule has 0 aromatic carbocycles. The average molecular weight is 301 g/mol. The maximum Gasteiger partial charge on any atom is 0.310 e. The van der Waals surface area contributed by atoms with Crippen LogP contribution in [0.4, 0.5) is 0 Å². The fourth-order valence-electron chi connectivity index (χ4n) is 2.81. The van der Waals surface area contributed by atoms with Gasteiger partial charge in [-0.05, 0) is 31.9 Å². The van der Waals surface area contributed by atoms with Gasteiger partial charge in [0.25, 0.3) is 5.91 Å². The van der Waals surface area contributed by atoms with Gasteiger partial charge in [0.15, 0.2) is 0 Å². The molecule has 2 aromatic rings. The largest absolute Gasteiger partial charge is 0.466 e. The van der Waals surface area contributed by atoms with E-state index in [0.29, 0.717) is 25.4 Å². The highest BCUT2D eigenvalue weighted by Crippen LogP contribution is 2.20. The van der Waals surface area contributed by atoms with Gasteiger partial charge in [-0.2, -0.15) is 0 Å². The number of pyridine rings is 1. The van der Waals surface area contributed by atoms with E-state index in [-0.39, 0.29) is 17.8 Å². The third-order valence-corrected chi connectivity index (χ3v) is 3.91. The fraction of sp³-hybridized carbons (Fsp3) is 0.438. The second kappa shape index (κ2) is 6.17. The molecule has 6 nitrogen and oxygen atoms in total. The lowest BCUT2D eigenvalue weighted by Gasteiger charge is -2.31. The van der Waals surface area contributed by atoms with Gasteiger partial charge in [-0.3, -0.25) is 9.59 Å². The number of likely N-dealkylation sites (tertiary alicyclic amines) is 1. The smallest absolute Gasteiger partial charge is 0.310 e. The van der Waals surface area contributed by atoms with E-state index in [1.807, 2.05) is 28.8 Å². The van der Waals surface area contributed by atoms with E-state index in [1.54, 1.807) is 18.0 Å². The van der Waals surface area contributed by atoms with Crippen LogP contribution < -0.4 is 0 Å². The zero-order valence-electron chi connectivity index (χ0n) is 12.6. The Morgan fingerprint density at radius 2 is 2.27 bits per heavy atom. The number of amides is 1. The molecule has 1 aliphatic rings. The molecule has 22 heavy (non-hydrogen) atoms. The number of hydrogen-bond acceptors (Lipinski definition) is 4. The average Bonchev–Trinajstić information content (AvgIpc) is 2.98. The van der Waals surface area contributed by atoms with E-state index >= 15 is 0 Å². The molecule has 116 valence electrons. The van der Waals surface area contributed by atoms with Gasteiger partial charge in [-0.15, -0.1) is 0 Å². The SMILES string of the molecule is CCOC(=O)[C@H]1CCCN(C(=O)c2cn3ccccc3n2)C1. The predicted molar refractivity (Wildman–Crippen MR) is 80.5 cm³/mol. The molecule has 0 bridgehead atoms. The fourth-order valence-corrected chi connectivity index (χ4v) is 2.81. The summed E-state index contributed by atoms with van der Waals surface area (Å²) in [5.41, 5.74) is 1.15. The molecule has 0 N–H and O–H groups in total. The molecule has 0 radical (unpaired) electrons. The number of aromatic nitrogens is 2.